The highest BCUT2D eigenvalue weighted by molar-refractivity contribution is 6.04. The van der Waals surface area contributed by atoms with Gasteiger partial charge in [0.15, 0.2) is 0 Å². The highest BCUT2D eigenvalue weighted by Crippen LogP contribution is 2.48. The quantitative estimate of drug-likeness (QED) is 0.472. The predicted octanol–water partition coefficient (Wildman–Crippen LogP) is 5.43. The van der Waals surface area contributed by atoms with Crippen LogP contribution in [0, 0.1) is 5.92 Å². The average Bonchev–Trinajstić information content (AvgIpc) is 2.81. The van der Waals surface area contributed by atoms with Gasteiger partial charge in [0.25, 0.3) is 0 Å². The van der Waals surface area contributed by atoms with Crippen LogP contribution in [-0.4, -0.2) is 20.1 Å². The highest BCUT2D eigenvalue weighted by Gasteiger charge is 2.48. The number of carbonyl (C=O) groups excluding carboxylic acids is 1. The summed E-state index contributed by atoms with van der Waals surface area (Å²) in [5, 5.41) is 0. The lowest BCUT2D eigenvalue weighted by atomic mass is 9.78. The third-order valence-electron chi connectivity index (χ3n) is 5.84. The number of ether oxygens (including phenoxy) is 2. The summed E-state index contributed by atoms with van der Waals surface area (Å²) in [7, 11) is 3.30. The number of nitrogens with zero attached hydrogens (tertiary/aromatic N) is 1. The van der Waals surface area contributed by atoms with E-state index in [-0.39, 0.29) is 17.9 Å². The molecule has 1 fully saturated rings. The number of carbonyl (C=O) groups is 1. The maximum absolute atomic E-state index is 13.2. The van der Waals surface area contributed by atoms with Crippen LogP contribution in [0.5, 0.6) is 11.5 Å². The summed E-state index contributed by atoms with van der Waals surface area (Å²) >= 11 is 0. The molecule has 1 aliphatic rings. The maximum Gasteiger partial charge on any atom is 0.233 e. The zero-order valence-electron chi connectivity index (χ0n) is 17.5. The topological polar surface area (TPSA) is 38.8 Å². The first-order valence-electron chi connectivity index (χ1n) is 10.4. The molecule has 1 aliphatic heterocycles. The fraction of sp³-hybridized carbons (Fsp3) is 0.269. The summed E-state index contributed by atoms with van der Waals surface area (Å²) in [6, 6.07) is 26.2. The van der Waals surface area contributed by atoms with E-state index in [1.165, 1.54) is 5.56 Å². The summed E-state index contributed by atoms with van der Waals surface area (Å²) in [4.78, 5) is 15.1. The number of β-lactam (4-membered cyclic amide) rings is 1. The molecule has 1 saturated heterocycles. The number of para-hydroxylation sites is 2. The van der Waals surface area contributed by atoms with Crippen LogP contribution >= 0.6 is 0 Å². The molecule has 1 heterocycles. The predicted molar refractivity (Wildman–Crippen MR) is 119 cm³/mol. The van der Waals surface area contributed by atoms with Crippen LogP contribution in [0.4, 0.5) is 5.69 Å². The van der Waals surface area contributed by atoms with Gasteiger partial charge in [-0.3, -0.25) is 4.79 Å². The first-order chi connectivity index (χ1) is 14.7. The number of benzene rings is 3. The van der Waals surface area contributed by atoms with Gasteiger partial charge in [-0.05, 0) is 54.7 Å². The second kappa shape index (κ2) is 9.04. The van der Waals surface area contributed by atoms with Gasteiger partial charge in [0.2, 0.25) is 5.91 Å². The minimum atomic E-state index is -0.0352. The Morgan fingerprint density at radius 3 is 2.23 bits per heavy atom. The van der Waals surface area contributed by atoms with Crippen molar-refractivity contribution in [1.82, 2.24) is 0 Å². The van der Waals surface area contributed by atoms with Crippen molar-refractivity contribution in [3.63, 3.8) is 0 Å². The van der Waals surface area contributed by atoms with Crippen molar-refractivity contribution in [3.05, 3.63) is 90.0 Å². The normalized spacial score (nSPS) is 18.1. The fourth-order valence-electron chi connectivity index (χ4n) is 4.28. The molecule has 154 valence electrons. The summed E-state index contributed by atoms with van der Waals surface area (Å²) in [6.45, 7) is 0. The van der Waals surface area contributed by atoms with Gasteiger partial charge in [-0.15, -0.1) is 0 Å². The molecular weight excluding hydrogens is 374 g/mol. The maximum atomic E-state index is 13.2. The molecule has 0 N–H and O–H groups in total. The molecule has 0 unspecified atom stereocenters. The van der Waals surface area contributed by atoms with Crippen LogP contribution in [0.2, 0.25) is 0 Å². The minimum Gasteiger partial charge on any atom is -0.497 e. The lowest BCUT2D eigenvalue weighted by Gasteiger charge is -2.48. The van der Waals surface area contributed by atoms with Crippen LogP contribution < -0.4 is 14.4 Å². The highest BCUT2D eigenvalue weighted by atomic mass is 16.5. The standard InChI is InChI=1S/C26H27NO3/c1-29-21-17-15-20(16-18-21)25-22(12-8-11-19-9-4-3-5-10-19)26(28)27(25)23-13-6-7-14-24(23)30-2/h3-7,9-10,13-18,22,25H,8,11-12H2,1-2H3/t22-,25-/m0/s1. The molecule has 0 aromatic heterocycles. The molecule has 4 nitrogen and oxygen atoms in total. The zero-order chi connectivity index (χ0) is 20.9. The second-order valence-corrected chi connectivity index (χ2v) is 7.58. The van der Waals surface area contributed by atoms with E-state index >= 15 is 0 Å². The van der Waals surface area contributed by atoms with E-state index in [4.69, 9.17) is 9.47 Å². The Morgan fingerprint density at radius 2 is 1.53 bits per heavy atom. The minimum absolute atomic E-state index is 0.00419. The zero-order valence-corrected chi connectivity index (χ0v) is 17.5. The van der Waals surface area contributed by atoms with Crippen LogP contribution in [0.1, 0.15) is 30.0 Å². The van der Waals surface area contributed by atoms with Gasteiger partial charge < -0.3 is 14.4 Å². The van der Waals surface area contributed by atoms with Crippen molar-refractivity contribution in [2.24, 2.45) is 5.92 Å². The Labute approximate surface area is 178 Å². The average molecular weight is 402 g/mol. The molecule has 0 saturated carbocycles. The van der Waals surface area contributed by atoms with Crippen LogP contribution in [0.15, 0.2) is 78.9 Å². The van der Waals surface area contributed by atoms with Gasteiger partial charge in [0, 0.05) is 0 Å². The Morgan fingerprint density at radius 1 is 0.833 bits per heavy atom. The Bertz CT molecular complexity index is 985. The smallest absolute Gasteiger partial charge is 0.233 e. The Hall–Kier alpha value is -3.27. The number of aryl methyl sites for hydroxylation is 1. The number of anilines is 1. The van der Waals surface area contributed by atoms with Crippen LogP contribution in [0.3, 0.4) is 0 Å². The Kier molecular flexibility index (Phi) is 6.03. The molecule has 4 heteroatoms. The molecule has 3 aromatic rings. The van der Waals surface area contributed by atoms with Crippen molar-refractivity contribution >= 4 is 11.6 Å². The first-order valence-corrected chi connectivity index (χ1v) is 10.4. The summed E-state index contributed by atoms with van der Waals surface area (Å²) in [5.74, 6) is 1.65. The van der Waals surface area contributed by atoms with Gasteiger partial charge in [0.05, 0.1) is 31.9 Å². The molecule has 0 radical (unpaired) electrons. The van der Waals surface area contributed by atoms with E-state index in [1.54, 1.807) is 14.2 Å². The molecule has 3 aromatic carbocycles. The number of hydrogen-bond acceptors (Lipinski definition) is 3. The molecule has 0 bridgehead atoms. The molecular formula is C26H27NO3. The number of hydrogen-bond donors (Lipinski definition) is 0. The molecule has 2 atom stereocenters. The van der Waals surface area contributed by atoms with Gasteiger partial charge in [-0.1, -0.05) is 54.6 Å². The number of amides is 1. The van der Waals surface area contributed by atoms with E-state index in [1.807, 2.05) is 47.4 Å². The second-order valence-electron chi connectivity index (χ2n) is 7.58. The van der Waals surface area contributed by atoms with E-state index in [0.29, 0.717) is 5.75 Å². The largest absolute Gasteiger partial charge is 0.497 e. The fourth-order valence-corrected chi connectivity index (χ4v) is 4.28. The van der Waals surface area contributed by atoms with Crippen molar-refractivity contribution in [1.29, 1.82) is 0 Å². The van der Waals surface area contributed by atoms with Crippen molar-refractivity contribution < 1.29 is 14.3 Å². The van der Waals surface area contributed by atoms with E-state index in [9.17, 15) is 4.79 Å². The lowest BCUT2D eigenvalue weighted by Crippen LogP contribution is -2.55. The number of methoxy groups -OCH3 is 2. The van der Waals surface area contributed by atoms with Crippen LogP contribution in [0.25, 0.3) is 0 Å². The van der Waals surface area contributed by atoms with E-state index in [0.717, 1.165) is 36.3 Å². The third kappa shape index (κ3) is 3.90. The van der Waals surface area contributed by atoms with E-state index < -0.39 is 0 Å². The Balaban J connectivity index is 1.58. The van der Waals surface area contributed by atoms with Crippen molar-refractivity contribution in [2.75, 3.05) is 19.1 Å². The molecule has 4 rings (SSSR count). The lowest BCUT2D eigenvalue weighted by molar-refractivity contribution is -0.130. The summed E-state index contributed by atoms with van der Waals surface area (Å²) in [5.41, 5.74) is 3.25. The van der Waals surface area contributed by atoms with Gasteiger partial charge in [-0.25, -0.2) is 0 Å². The van der Waals surface area contributed by atoms with Crippen molar-refractivity contribution in [3.8, 4) is 11.5 Å². The number of rotatable bonds is 8. The molecule has 30 heavy (non-hydrogen) atoms. The first kappa shape index (κ1) is 20.0. The van der Waals surface area contributed by atoms with Gasteiger partial charge in [-0.2, -0.15) is 0 Å². The van der Waals surface area contributed by atoms with E-state index in [2.05, 4.69) is 36.4 Å². The molecule has 0 aliphatic carbocycles. The molecule has 1 amide bonds. The van der Waals surface area contributed by atoms with Gasteiger partial charge >= 0.3 is 0 Å². The summed E-state index contributed by atoms with van der Waals surface area (Å²) in [6.07, 6.45) is 2.82. The summed E-state index contributed by atoms with van der Waals surface area (Å²) < 4.78 is 10.8. The van der Waals surface area contributed by atoms with Crippen molar-refractivity contribution in [2.45, 2.75) is 25.3 Å². The monoisotopic (exact) mass is 401 g/mol. The molecule has 0 spiro atoms. The SMILES string of the molecule is COc1ccc([C@H]2[C@H](CCCc3ccccc3)C(=O)N2c2ccccc2OC)cc1. The van der Waals surface area contributed by atoms with Crippen LogP contribution in [-0.2, 0) is 11.2 Å². The van der Waals surface area contributed by atoms with Gasteiger partial charge in [0.1, 0.15) is 11.5 Å². The third-order valence-corrected chi connectivity index (χ3v) is 5.84.